The van der Waals surface area contributed by atoms with Gasteiger partial charge in [-0.1, -0.05) is 26.2 Å². The zero-order valence-electron chi connectivity index (χ0n) is 12.1. The highest BCUT2D eigenvalue weighted by molar-refractivity contribution is 7.11. The van der Waals surface area contributed by atoms with Crippen molar-refractivity contribution in [3.8, 4) is 0 Å². The van der Waals surface area contributed by atoms with Crippen LogP contribution in [0, 0.1) is 12.8 Å². The number of hydrogen-bond donors (Lipinski definition) is 1. The molecular formula is C15H26N2S. The largest absolute Gasteiger partial charge is 0.312 e. The van der Waals surface area contributed by atoms with E-state index in [0.29, 0.717) is 6.04 Å². The average Bonchev–Trinajstić information content (AvgIpc) is 2.80. The maximum atomic E-state index is 4.85. The highest BCUT2D eigenvalue weighted by atomic mass is 32.1. The first-order valence-electron chi connectivity index (χ1n) is 7.30. The van der Waals surface area contributed by atoms with E-state index in [1.807, 2.05) is 18.4 Å². The van der Waals surface area contributed by atoms with Gasteiger partial charge in [-0.3, -0.25) is 0 Å². The van der Waals surface area contributed by atoms with E-state index in [-0.39, 0.29) is 0 Å². The maximum absolute atomic E-state index is 4.85. The number of hydrogen-bond acceptors (Lipinski definition) is 3. The molecule has 0 radical (unpaired) electrons. The zero-order valence-corrected chi connectivity index (χ0v) is 12.9. The molecule has 2 nitrogen and oxygen atoms in total. The first-order valence-corrected chi connectivity index (χ1v) is 8.11. The van der Waals surface area contributed by atoms with Crippen LogP contribution in [0.25, 0.3) is 0 Å². The van der Waals surface area contributed by atoms with Crippen LogP contribution in [0.4, 0.5) is 0 Å². The Balaban J connectivity index is 2.13. The minimum atomic E-state index is 0.432. The lowest BCUT2D eigenvalue weighted by Gasteiger charge is -2.26. The second kappa shape index (κ2) is 6.16. The number of aromatic nitrogens is 1. The summed E-state index contributed by atoms with van der Waals surface area (Å²) in [7, 11) is 2.03. The minimum absolute atomic E-state index is 0.432. The van der Waals surface area contributed by atoms with Crippen molar-refractivity contribution in [2.24, 2.45) is 5.92 Å². The molecule has 1 aliphatic carbocycles. The van der Waals surface area contributed by atoms with E-state index in [0.717, 1.165) is 11.8 Å². The number of nitrogens with one attached hydrogen (secondary N) is 1. The van der Waals surface area contributed by atoms with Crippen molar-refractivity contribution < 1.29 is 0 Å². The van der Waals surface area contributed by atoms with E-state index in [2.05, 4.69) is 26.1 Å². The SMILES string of the molecule is CCC1CCCC(c2nc(C)c(C(C)NC)s2)C1. The summed E-state index contributed by atoms with van der Waals surface area (Å²) in [6.45, 7) is 6.71. The fourth-order valence-corrected chi connectivity index (χ4v) is 4.30. The lowest BCUT2D eigenvalue weighted by Crippen LogP contribution is -2.13. The van der Waals surface area contributed by atoms with Crippen molar-refractivity contribution >= 4 is 11.3 Å². The van der Waals surface area contributed by atoms with Crippen molar-refractivity contribution in [1.29, 1.82) is 0 Å². The summed E-state index contributed by atoms with van der Waals surface area (Å²) in [6, 6.07) is 0.432. The van der Waals surface area contributed by atoms with Gasteiger partial charge in [0.15, 0.2) is 0 Å². The van der Waals surface area contributed by atoms with E-state index in [4.69, 9.17) is 4.98 Å². The molecule has 1 aliphatic rings. The third kappa shape index (κ3) is 2.94. The van der Waals surface area contributed by atoms with E-state index in [9.17, 15) is 0 Å². The van der Waals surface area contributed by atoms with Crippen molar-refractivity contribution in [2.45, 2.75) is 64.8 Å². The molecule has 3 heteroatoms. The first kappa shape index (κ1) is 14.0. The fraction of sp³-hybridized carbons (Fsp3) is 0.800. The van der Waals surface area contributed by atoms with Gasteiger partial charge in [0.05, 0.1) is 10.7 Å². The molecule has 1 aromatic heterocycles. The Labute approximate surface area is 115 Å². The number of nitrogens with zero attached hydrogens (tertiary/aromatic N) is 1. The molecule has 0 saturated heterocycles. The molecule has 1 aromatic rings. The molecule has 1 fully saturated rings. The molecule has 0 bridgehead atoms. The second-order valence-corrected chi connectivity index (χ2v) is 6.71. The Morgan fingerprint density at radius 1 is 1.44 bits per heavy atom. The van der Waals surface area contributed by atoms with Crippen molar-refractivity contribution in [2.75, 3.05) is 7.05 Å². The molecule has 1 saturated carbocycles. The molecule has 102 valence electrons. The van der Waals surface area contributed by atoms with Crippen LogP contribution >= 0.6 is 11.3 Å². The summed E-state index contributed by atoms with van der Waals surface area (Å²) in [5.41, 5.74) is 1.23. The third-order valence-corrected chi connectivity index (χ3v) is 5.89. The van der Waals surface area contributed by atoms with E-state index in [1.165, 1.54) is 47.7 Å². The van der Waals surface area contributed by atoms with Gasteiger partial charge < -0.3 is 5.32 Å². The second-order valence-electron chi connectivity index (χ2n) is 5.65. The van der Waals surface area contributed by atoms with E-state index >= 15 is 0 Å². The molecular weight excluding hydrogens is 240 g/mol. The zero-order chi connectivity index (χ0) is 13.1. The van der Waals surface area contributed by atoms with Gasteiger partial charge in [0.2, 0.25) is 0 Å². The lowest BCUT2D eigenvalue weighted by atomic mass is 9.80. The van der Waals surface area contributed by atoms with Crippen molar-refractivity contribution in [3.05, 3.63) is 15.6 Å². The fourth-order valence-electron chi connectivity index (χ4n) is 3.02. The summed E-state index contributed by atoms with van der Waals surface area (Å²) in [6.07, 6.45) is 6.85. The summed E-state index contributed by atoms with van der Waals surface area (Å²) in [5, 5.41) is 4.72. The van der Waals surface area contributed by atoms with E-state index < -0.39 is 0 Å². The Morgan fingerprint density at radius 3 is 2.89 bits per heavy atom. The average molecular weight is 266 g/mol. The van der Waals surface area contributed by atoms with Gasteiger partial charge in [0, 0.05) is 16.8 Å². The molecule has 0 aliphatic heterocycles. The predicted molar refractivity (Wildman–Crippen MR) is 79.3 cm³/mol. The van der Waals surface area contributed by atoms with Gasteiger partial charge in [-0.05, 0) is 39.7 Å². The number of rotatable bonds is 4. The molecule has 1 heterocycles. The Hall–Kier alpha value is -0.410. The highest BCUT2D eigenvalue weighted by Gasteiger charge is 2.25. The van der Waals surface area contributed by atoms with Crippen LogP contribution in [0.2, 0.25) is 0 Å². The first-order chi connectivity index (χ1) is 8.65. The van der Waals surface area contributed by atoms with Crippen LogP contribution in [0.3, 0.4) is 0 Å². The molecule has 3 atom stereocenters. The normalized spacial score (nSPS) is 26.2. The quantitative estimate of drug-likeness (QED) is 0.873. The van der Waals surface area contributed by atoms with Crippen LogP contribution in [0.15, 0.2) is 0 Å². The van der Waals surface area contributed by atoms with Crippen LogP contribution in [-0.2, 0) is 0 Å². The van der Waals surface area contributed by atoms with Gasteiger partial charge in [0.1, 0.15) is 0 Å². The summed E-state index contributed by atoms with van der Waals surface area (Å²) in [5.74, 6) is 1.66. The smallest absolute Gasteiger partial charge is 0.0962 e. The predicted octanol–water partition coefficient (Wildman–Crippen LogP) is 4.42. The van der Waals surface area contributed by atoms with Crippen molar-refractivity contribution in [1.82, 2.24) is 10.3 Å². The van der Waals surface area contributed by atoms with Gasteiger partial charge in [-0.25, -0.2) is 4.98 Å². The van der Waals surface area contributed by atoms with E-state index in [1.54, 1.807) is 0 Å². The monoisotopic (exact) mass is 266 g/mol. The van der Waals surface area contributed by atoms with Crippen LogP contribution in [0.5, 0.6) is 0 Å². The minimum Gasteiger partial charge on any atom is -0.312 e. The summed E-state index contributed by atoms with van der Waals surface area (Å²) in [4.78, 5) is 6.27. The molecule has 0 spiro atoms. The molecule has 3 unspecified atom stereocenters. The van der Waals surface area contributed by atoms with Gasteiger partial charge in [-0.2, -0.15) is 0 Å². The third-order valence-electron chi connectivity index (χ3n) is 4.38. The molecule has 18 heavy (non-hydrogen) atoms. The van der Waals surface area contributed by atoms with Crippen molar-refractivity contribution in [3.63, 3.8) is 0 Å². The van der Waals surface area contributed by atoms with Crippen LogP contribution in [0.1, 0.15) is 73.5 Å². The Kier molecular flexibility index (Phi) is 4.79. The Bertz CT molecular complexity index is 386. The van der Waals surface area contributed by atoms with Gasteiger partial charge >= 0.3 is 0 Å². The standard InChI is InChI=1S/C15H26N2S/c1-5-12-7-6-8-13(9-12)15-17-11(3)14(18-15)10(2)16-4/h10,12-13,16H,5-9H2,1-4H3. The summed E-state index contributed by atoms with van der Waals surface area (Å²) < 4.78 is 0. The van der Waals surface area contributed by atoms with Crippen LogP contribution in [-0.4, -0.2) is 12.0 Å². The van der Waals surface area contributed by atoms with Gasteiger partial charge in [0.25, 0.3) is 0 Å². The Morgan fingerprint density at radius 2 is 2.22 bits per heavy atom. The topological polar surface area (TPSA) is 24.9 Å². The molecule has 0 amide bonds. The molecule has 1 N–H and O–H groups in total. The molecule has 0 aromatic carbocycles. The number of thiazole rings is 1. The van der Waals surface area contributed by atoms with Crippen LogP contribution < -0.4 is 5.32 Å². The van der Waals surface area contributed by atoms with Gasteiger partial charge in [-0.15, -0.1) is 11.3 Å². The molecule has 2 rings (SSSR count). The number of aryl methyl sites for hydroxylation is 1. The summed E-state index contributed by atoms with van der Waals surface area (Å²) >= 11 is 1.94. The maximum Gasteiger partial charge on any atom is 0.0962 e. The highest BCUT2D eigenvalue weighted by Crippen LogP contribution is 2.40. The lowest BCUT2D eigenvalue weighted by molar-refractivity contribution is 0.314.